The number of ether oxygens (including phenoxy) is 1. The van der Waals surface area contributed by atoms with Crippen LogP contribution in [0.5, 0.6) is 0 Å². The molecule has 2 aromatic carbocycles. The Hall–Kier alpha value is -2.73. The first kappa shape index (κ1) is 19.0. The lowest BCUT2D eigenvalue weighted by atomic mass is 10.2. The molecule has 0 fully saturated rings. The molecule has 1 aromatic heterocycles. The van der Waals surface area contributed by atoms with E-state index in [1.54, 1.807) is 11.8 Å². The monoisotopic (exact) mass is 383 g/mol. The molecule has 3 aromatic rings. The molecule has 27 heavy (non-hydrogen) atoms. The van der Waals surface area contributed by atoms with Gasteiger partial charge in [-0.05, 0) is 31.2 Å². The highest BCUT2D eigenvalue weighted by atomic mass is 32.2. The molecule has 1 atom stereocenters. The van der Waals surface area contributed by atoms with Crippen LogP contribution in [0.1, 0.15) is 25.1 Å². The molecule has 140 valence electrons. The number of hydrogen-bond donors (Lipinski definition) is 1. The zero-order chi connectivity index (χ0) is 19.1. The van der Waals surface area contributed by atoms with Crippen LogP contribution in [-0.2, 0) is 14.3 Å². The van der Waals surface area contributed by atoms with Gasteiger partial charge in [0.15, 0.2) is 6.61 Å². The highest BCUT2D eigenvalue weighted by molar-refractivity contribution is 7.99. The number of rotatable bonds is 8. The van der Waals surface area contributed by atoms with Gasteiger partial charge in [-0.2, -0.15) is 0 Å². The molecular formula is C21H21NO4S. The summed E-state index contributed by atoms with van der Waals surface area (Å²) in [4.78, 5) is 24.9. The smallest absolute Gasteiger partial charge is 0.307 e. The second kappa shape index (κ2) is 9.28. The molecule has 0 aliphatic heterocycles. The van der Waals surface area contributed by atoms with Crippen molar-refractivity contribution < 1.29 is 18.7 Å². The molecule has 6 heteroatoms. The number of esters is 1. The summed E-state index contributed by atoms with van der Waals surface area (Å²) in [6.07, 6.45) is 0.256. The average molecular weight is 383 g/mol. The minimum Gasteiger partial charge on any atom is -0.459 e. The molecule has 0 saturated heterocycles. The summed E-state index contributed by atoms with van der Waals surface area (Å²) < 4.78 is 10.8. The fraction of sp³-hybridized carbons (Fsp3) is 0.238. The summed E-state index contributed by atoms with van der Waals surface area (Å²) in [6, 6.07) is 19.1. The maximum atomic E-state index is 12.0. The minimum atomic E-state index is -0.384. The molecule has 1 amide bonds. The summed E-state index contributed by atoms with van der Waals surface area (Å²) in [7, 11) is 0. The van der Waals surface area contributed by atoms with Gasteiger partial charge in [0.1, 0.15) is 11.3 Å². The van der Waals surface area contributed by atoms with Crippen LogP contribution in [0.25, 0.3) is 11.0 Å². The molecule has 0 radical (unpaired) electrons. The van der Waals surface area contributed by atoms with Gasteiger partial charge >= 0.3 is 5.97 Å². The van der Waals surface area contributed by atoms with E-state index >= 15 is 0 Å². The van der Waals surface area contributed by atoms with E-state index in [2.05, 4.69) is 5.32 Å². The standard InChI is InChI=1S/C21H21NO4S/c1-15(19-13-16-7-5-6-10-18(16)26-19)22-20(23)14-25-21(24)11-12-27-17-8-3-2-4-9-17/h2-10,13,15H,11-12,14H2,1H3,(H,22,23)/t15-/m0/s1. The van der Waals surface area contributed by atoms with Crippen LogP contribution in [0.3, 0.4) is 0 Å². The van der Waals surface area contributed by atoms with Crippen molar-refractivity contribution in [3.05, 3.63) is 66.4 Å². The lowest BCUT2D eigenvalue weighted by Crippen LogP contribution is -2.31. The molecule has 3 rings (SSSR count). The Balaban J connectivity index is 1.39. The van der Waals surface area contributed by atoms with Crippen molar-refractivity contribution in [3.8, 4) is 0 Å². The van der Waals surface area contributed by atoms with Gasteiger partial charge in [-0.25, -0.2) is 0 Å². The number of amides is 1. The van der Waals surface area contributed by atoms with E-state index in [4.69, 9.17) is 9.15 Å². The number of furan rings is 1. The number of benzene rings is 2. The van der Waals surface area contributed by atoms with Gasteiger partial charge in [0.25, 0.3) is 5.91 Å². The van der Waals surface area contributed by atoms with Crippen molar-refractivity contribution in [1.29, 1.82) is 0 Å². The molecular weight excluding hydrogens is 362 g/mol. The van der Waals surface area contributed by atoms with Gasteiger partial charge in [0.05, 0.1) is 12.5 Å². The molecule has 0 unspecified atom stereocenters. The van der Waals surface area contributed by atoms with Crippen LogP contribution < -0.4 is 5.32 Å². The maximum Gasteiger partial charge on any atom is 0.307 e. The van der Waals surface area contributed by atoms with E-state index < -0.39 is 0 Å². The quantitative estimate of drug-likeness (QED) is 0.463. The van der Waals surface area contributed by atoms with E-state index in [0.717, 1.165) is 15.9 Å². The predicted octanol–water partition coefficient (Wildman–Crippen LogP) is 4.34. The second-order valence-corrected chi connectivity index (χ2v) is 7.22. The Labute approximate surface area is 162 Å². The van der Waals surface area contributed by atoms with Crippen molar-refractivity contribution in [2.75, 3.05) is 12.4 Å². The Bertz CT molecular complexity index is 874. The second-order valence-electron chi connectivity index (χ2n) is 6.05. The lowest BCUT2D eigenvalue weighted by molar-refractivity contribution is -0.148. The molecule has 0 aliphatic rings. The van der Waals surface area contributed by atoms with Crippen LogP contribution >= 0.6 is 11.8 Å². The van der Waals surface area contributed by atoms with Crippen molar-refractivity contribution in [2.24, 2.45) is 0 Å². The average Bonchev–Trinajstić information content (AvgIpc) is 3.12. The first-order valence-corrected chi connectivity index (χ1v) is 9.71. The van der Waals surface area contributed by atoms with Gasteiger partial charge in [0.2, 0.25) is 0 Å². The fourth-order valence-electron chi connectivity index (χ4n) is 2.56. The number of thioether (sulfide) groups is 1. The van der Waals surface area contributed by atoms with E-state index in [1.807, 2.05) is 67.6 Å². The SMILES string of the molecule is C[C@H](NC(=O)COC(=O)CCSc1ccccc1)c1cc2ccccc2o1. The van der Waals surface area contributed by atoms with Crippen molar-refractivity contribution >= 4 is 34.6 Å². The van der Waals surface area contributed by atoms with Crippen LogP contribution in [0.4, 0.5) is 0 Å². The molecule has 0 saturated carbocycles. The van der Waals surface area contributed by atoms with Crippen molar-refractivity contribution in [2.45, 2.75) is 24.3 Å². The predicted molar refractivity (Wildman–Crippen MR) is 106 cm³/mol. The Morgan fingerprint density at radius 2 is 1.85 bits per heavy atom. The Morgan fingerprint density at radius 1 is 1.11 bits per heavy atom. The third-order valence-corrected chi connectivity index (χ3v) is 4.94. The third-order valence-electron chi connectivity index (χ3n) is 3.93. The third kappa shape index (κ3) is 5.62. The molecule has 0 spiro atoms. The number of hydrogen-bond acceptors (Lipinski definition) is 5. The van der Waals surface area contributed by atoms with Gasteiger partial charge < -0.3 is 14.5 Å². The fourth-order valence-corrected chi connectivity index (χ4v) is 3.41. The largest absolute Gasteiger partial charge is 0.459 e. The summed E-state index contributed by atoms with van der Waals surface area (Å²) in [5.74, 6) is 0.534. The van der Waals surface area contributed by atoms with Crippen LogP contribution in [-0.4, -0.2) is 24.2 Å². The molecule has 1 heterocycles. The zero-order valence-corrected chi connectivity index (χ0v) is 15.8. The Morgan fingerprint density at radius 3 is 2.63 bits per heavy atom. The van der Waals surface area contributed by atoms with Crippen LogP contribution in [0.2, 0.25) is 0 Å². The number of fused-ring (bicyclic) bond motifs is 1. The van der Waals surface area contributed by atoms with E-state index in [1.165, 1.54) is 0 Å². The highest BCUT2D eigenvalue weighted by Crippen LogP contribution is 2.23. The minimum absolute atomic E-state index is 0.256. The van der Waals surface area contributed by atoms with E-state index in [0.29, 0.717) is 11.5 Å². The topological polar surface area (TPSA) is 68.5 Å². The first-order valence-electron chi connectivity index (χ1n) is 8.73. The maximum absolute atomic E-state index is 12.0. The Kier molecular flexibility index (Phi) is 6.54. The van der Waals surface area contributed by atoms with Crippen molar-refractivity contribution in [3.63, 3.8) is 0 Å². The van der Waals surface area contributed by atoms with Gasteiger partial charge in [0, 0.05) is 16.0 Å². The summed E-state index contributed by atoms with van der Waals surface area (Å²) >= 11 is 1.58. The summed E-state index contributed by atoms with van der Waals surface area (Å²) in [6.45, 7) is 1.54. The summed E-state index contributed by atoms with van der Waals surface area (Å²) in [5, 5.41) is 3.76. The van der Waals surface area contributed by atoms with E-state index in [9.17, 15) is 9.59 Å². The molecule has 5 nitrogen and oxygen atoms in total. The molecule has 0 bridgehead atoms. The number of nitrogens with one attached hydrogen (secondary N) is 1. The summed E-state index contributed by atoms with van der Waals surface area (Å²) in [5.41, 5.74) is 0.774. The van der Waals surface area contributed by atoms with Gasteiger partial charge in [-0.15, -0.1) is 11.8 Å². The highest BCUT2D eigenvalue weighted by Gasteiger charge is 2.15. The van der Waals surface area contributed by atoms with Crippen molar-refractivity contribution in [1.82, 2.24) is 5.32 Å². The first-order chi connectivity index (χ1) is 13.1. The zero-order valence-electron chi connectivity index (χ0n) is 15.0. The normalized spacial score (nSPS) is 11.9. The molecule has 0 aliphatic carbocycles. The number of carbonyl (C=O) groups is 2. The van der Waals surface area contributed by atoms with Crippen LogP contribution in [0.15, 0.2) is 70.0 Å². The van der Waals surface area contributed by atoms with Crippen LogP contribution in [0, 0.1) is 0 Å². The molecule has 1 N–H and O–H groups in total. The van der Waals surface area contributed by atoms with Gasteiger partial charge in [-0.3, -0.25) is 9.59 Å². The number of carbonyl (C=O) groups excluding carboxylic acids is 2. The van der Waals surface area contributed by atoms with E-state index in [-0.39, 0.29) is 30.9 Å². The number of para-hydroxylation sites is 1. The van der Waals surface area contributed by atoms with Gasteiger partial charge in [-0.1, -0.05) is 36.4 Å². The lowest BCUT2D eigenvalue weighted by Gasteiger charge is -2.11.